The van der Waals surface area contributed by atoms with Crippen LogP contribution in [-0.4, -0.2) is 18.5 Å². The Balaban J connectivity index is 1.95. The molecule has 1 aliphatic rings. The molecule has 0 N–H and O–H groups in total. The van der Waals surface area contributed by atoms with Gasteiger partial charge in [-0.15, -0.1) is 0 Å². The molecule has 1 fully saturated rings. The lowest BCUT2D eigenvalue weighted by Crippen LogP contribution is -2.21. The van der Waals surface area contributed by atoms with Crippen LogP contribution in [0.15, 0.2) is 34.7 Å². The summed E-state index contributed by atoms with van der Waals surface area (Å²) in [5, 5.41) is 0.974. The number of hydrogen-bond donors (Lipinski definition) is 0. The lowest BCUT2D eigenvalue weighted by Gasteiger charge is -2.10. The molecule has 0 spiro atoms. The second-order valence-corrected chi connectivity index (χ2v) is 4.48. The minimum atomic E-state index is -0.0597. The van der Waals surface area contributed by atoms with Crippen molar-refractivity contribution in [3.8, 4) is 0 Å². The van der Waals surface area contributed by atoms with Crippen LogP contribution in [0.3, 0.4) is 0 Å². The zero-order valence-electron chi connectivity index (χ0n) is 9.68. The van der Waals surface area contributed by atoms with Crippen LogP contribution < -0.4 is 0 Å². The lowest BCUT2D eigenvalue weighted by molar-refractivity contribution is 0.0742. The second kappa shape index (κ2) is 4.00. The molecule has 2 unspecified atom stereocenters. The fraction of sp³-hybridized carbons (Fsp3) is 0.357. The van der Waals surface area contributed by atoms with Gasteiger partial charge in [0, 0.05) is 12.0 Å². The molecule has 1 aliphatic heterocycles. The van der Waals surface area contributed by atoms with E-state index in [4.69, 9.17) is 9.15 Å². The van der Waals surface area contributed by atoms with Gasteiger partial charge in [-0.05, 0) is 25.5 Å². The molecule has 1 saturated heterocycles. The van der Waals surface area contributed by atoms with E-state index in [2.05, 4.69) is 0 Å². The van der Waals surface area contributed by atoms with Gasteiger partial charge in [0.1, 0.15) is 5.58 Å². The SMILES string of the molecule is CC1OCCC1C(=O)c1cc2ccccc2o1. The molecule has 2 heterocycles. The number of benzene rings is 1. The maximum absolute atomic E-state index is 12.3. The smallest absolute Gasteiger partial charge is 0.203 e. The van der Waals surface area contributed by atoms with Gasteiger partial charge in [0.05, 0.1) is 12.0 Å². The van der Waals surface area contributed by atoms with Crippen molar-refractivity contribution in [2.75, 3.05) is 6.61 Å². The molecule has 2 atom stereocenters. The number of carbonyl (C=O) groups excluding carboxylic acids is 1. The van der Waals surface area contributed by atoms with Crippen LogP contribution in [0.1, 0.15) is 23.9 Å². The number of carbonyl (C=O) groups is 1. The third kappa shape index (κ3) is 1.76. The maximum atomic E-state index is 12.3. The molecule has 3 rings (SSSR count). The summed E-state index contributed by atoms with van der Waals surface area (Å²) in [6.07, 6.45) is 0.785. The highest BCUT2D eigenvalue weighted by molar-refractivity contribution is 5.99. The van der Waals surface area contributed by atoms with E-state index in [1.165, 1.54) is 0 Å². The summed E-state index contributed by atoms with van der Waals surface area (Å²) in [6.45, 7) is 2.61. The van der Waals surface area contributed by atoms with Gasteiger partial charge < -0.3 is 9.15 Å². The maximum Gasteiger partial charge on any atom is 0.203 e. The van der Waals surface area contributed by atoms with Gasteiger partial charge >= 0.3 is 0 Å². The van der Waals surface area contributed by atoms with Crippen molar-refractivity contribution in [1.82, 2.24) is 0 Å². The Kier molecular flexibility index (Phi) is 2.48. The molecular formula is C14H14O3. The topological polar surface area (TPSA) is 39.4 Å². The number of ketones is 1. The number of furan rings is 1. The highest BCUT2D eigenvalue weighted by Crippen LogP contribution is 2.27. The third-order valence-electron chi connectivity index (χ3n) is 3.38. The van der Waals surface area contributed by atoms with Crippen LogP contribution in [0.4, 0.5) is 0 Å². The van der Waals surface area contributed by atoms with E-state index in [1.54, 1.807) is 0 Å². The number of fused-ring (bicyclic) bond motifs is 1. The summed E-state index contributed by atoms with van der Waals surface area (Å²) in [6, 6.07) is 9.49. The Hall–Kier alpha value is -1.61. The highest BCUT2D eigenvalue weighted by atomic mass is 16.5. The van der Waals surface area contributed by atoms with E-state index in [-0.39, 0.29) is 17.8 Å². The van der Waals surface area contributed by atoms with Crippen molar-refractivity contribution < 1.29 is 13.9 Å². The summed E-state index contributed by atoms with van der Waals surface area (Å²) >= 11 is 0. The van der Waals surface area contributed by atoms with Crippen LogP contribution in [0.2, 0.25) is 0 Å². The molecule has 0 saturated carbocycles. The standard InChI is InChI=1S/C14H14O3/c1-9-11(6-7-16-9)14(15)13-8-10-4-2-3-5-12(10)17-13/h2-5,8-9,11H,6-7H2,1H3. The van der Waals surface area contributed by atoms with Crippen molar-refractivity contribution in [1.29, 1.82) is 0 Å². The average Bonchev–Trinajstić information content (AvgIpc) is 2.93. The van der Waals surface area contributed by atoms with Gasteiger partial charge in [0.25, 0.3) is 0 Å². The van der Waals surface area contributed by atoms with E-state index in [9.17, 15) is 4.79 Å². The Bertz CT molecular complexity index is 522. The van der Waals surface area contributed by atoms with Crippen molar-refractivity contribution in [3.05, 3.63) is 36.1 Å². The van der Waals surface area contributed by atoms with Crippen molar-refractivity contribution in [3.63, 3.8) is 0 Å². The Morgan fingerprint density at radius 2 is 2.18 bits per heavy atom. The van der Waals surface area contributed by atoms with Crippen LogP contribution in [-0.2, 0) is 4.74 Å². The van der Waals surface area contributed by atoms with Crippen LogP contribution in [0.25, 0.3) is 11.0 Å². The Morgan fingerprint density at radius 3 is 2.88 bits per heavy atom. The number of rotatable bonds is 2. The van der Waals surface area contributed by atoms with Gasteiger partial charge in [-0.2, -0.15) is 0 Å². The molecule has 0 bridgehead atoms. The molecule has 2 aromatic rings. The molecule has 1 aromatic heterocycles. The summed E-state index contributed by atoms with van der Waals surface area (Å²) < 4.78 is 11.0. The largest absolute Gasteiger partial charge is 0.453 e. The van der Waals surface area contributed by atoms with E-state index >= 15 is 0 Å². The minimum absolute atomic E-state index is 0.00397. The zero-order valence-corrected chi connectivity index (χ0v) is 9.68. The molecule has 88 valence electrons. The first-order chi connectivity index (χ1) is 8.25. The van der Waals surface area contributed by atoms with Gasteiger partial charge in [-0.25, -0.2) is 0 Å². The summed E-state index contributed by atoms with van der Waals surface area (Å²) in [4.78, 5) is 12.3. The quantitative estimate of drug-likeness (QED) is 0.744. The normalized spacial score (nSPS) is 24.3. The molecule has 3 heteroatoms. The lowest BCUT2D eigenvalue weighted by atomic mass is 9.96. The van der Waals surface area contributed by atoms with Gasteiger partial charge in [-0.3, -0.25) is 4.79 Å². The first kappa shape index (κ1) is 10.5. The highest BCUT2D eigenvalue weighted by Gasteiger charge is 2.33. The molecular weight excluding hydrogens is 216 g/mol. The zero-order chi connectivity index (χ0) is 11.8. The first-order valence-electron chi connectivity index (χ1n) is 5.90. The summed E-state index contributed by atoms with van der Waals surface area (Å²) in [5.74, 6) is 0.454. The molecule has 1 aromatic carbocycles. The van der Waals surface area contributed by atoms with Crippen LogP contribution in [0.5, 0.6) is 0 Å². The number of Topliss-reactive ketones (excluding diaryl/α,β-unsaturated/α-hetero) is 1. The third-order valence-corrected chi connectivity index (χ3v) is 3.38. The fourth-order valence-corrected chi connectivity index (χ4v) is 2.36. The van der Waals surface area contributed by atoms with Gasteiger partial charge in [0.2, 0.25) is 5.78 Å². The van der Waals surface area contributed by atoms with Crippen LogP contribution >= 0.6 is 0 Å². The molecule has 0 amide bonds. The van der Waals surface area contributed by atoms with E-state index in [0.717, 1.165) is 17.4 Å². The number of para-hydroxylation sites is 1. The predicted octanol–water partition coefficient (Wildman–Crippen LogP) is 3.04. The van der Waals surface area contributed by atoms with E-state index in [0.29, 0.717) is 12.4 Å². The molecule has 0 aliphatic carbocycles. The van der Waals surface area contributed by atoms with Crippen molar-refractivity contribution >= 4 is 16.8 Å². The van der Waals surface area contributed by atoms with Crippen molar-refractivity contribution in [2.24, 2.45) is 5.92 Å². The number of ether oxygens (including phenoxy) is 1. The second-order valence-electron chi connectivity index (χ2n) is 4.48. The Labute approximate surface area is 99.4 Å². The van der Waals surface area contributed by atoms with E-state index < -0.39 is 0 Å². The van der Waals surface area contributed by atoms with E-state index in [1.807, 2.05) is 37.3 Å². The van der Waals surface area contributed by atoms with Gasteiger partial charge in [-0.1, -0.05) is 18.2 Å². The summed E-state index contributed by atoms with van der Waals surface area (Å²) in [7, 11) is 0. The minimum Gasteiger partial charge on any atom is -0.453 e. The van der Waals surface area contributed by atoms with Gasteiger partial charge in [0.15, 0.2) is 5.76 Å². The Morgan fingerprint density at radius 1 is 1.35 bits per heavy atom. The average molecular weight is 230 g/mol. The monoisotopic (exact) mass is 230 g/mol. The molecule has 0 radical (unpaired) electrons. The predicted molar refractivity (Wildman–Crippen MR) is 64.1 cm³/mol. The van der Waals surface area contributed by atoms with Crippen molar-refractivity contribution in [2.45, 2.75) is 19.4 Å². The first-order valence-corrected chi connectivity index (χ1v) is 5.90. The summed E-state index contributed by atoms with van der Waals surface area (Å²) in [5.41, 5.74) is 0.766. The molecule has 3 nitrogen and oxygen atoms in total. The number of hydrogen-bond acceptors (Lipinski definition) is 3. The van der Waals surface area contributed by atoms with Crippen LogP contribution in [0, 0.1) is 5.92 Å². The fourth-order valence-electron chi connectivity index (χ4n) is 2.36. The molecule has 17 heavy (non-hydrogen) atoms.